The van der Waals surface area contributed by atoms with Crippen LogP contribution in [0.3, 0.4) is 0 Å². The molecule has 0 unspecified atom stereocenters. The molecular weight excluding hydrogens is 220 g/mol. The zero-order valence-corrected chi connectivity index (χ0v) is 7.63. The zero-order chi connectivity index (χ0) is 5.70. The van der Waals surface area contributed by atoms with Crippen LogP contribution in [0.25, 0.3) is 0 Å². The lowest BCUT2D eigenvalue weighted by molar-refractivity contribution is 0.650. The molecule has 0 saturated heterocycles. The van der Waals surface area contributed by atoms with Gasteiger partial charge in [0.1, 0.15) is 0 Å². The van der Waals surface area contributed by atoms with E-state index in [1.54, 1.807) is 0 Å². The Hall–Kier alpha value is 0.960. The Morgan fingerprint density at radius 1 is 1.43 bits per heavy atom. The van der Waals surface area contributed by atoms with Gasteiger partial charge in [-0.05, 0) is 12.3 Å². The highest BCUT2D eigenvalue weighted by atomic mass is 79.9. The van der Waals surface area contributed by atoms with Gasteiger partial charge in [-0.25, -0.2) is 0 Å². The molecule has 0 aliphatic heterocycles. The van der Waals surface area contributed by atoms with Crippen LogP contribution in [0.5, 0.6) is 0 Å². The molecule has 0 aromatic rings. The summed E-state index contributed by atoms with van der Waals surface area (Å²) in [6, 6.07) is 0. The topological polar surface area (TPSA) is 0 Å². The van der Waals surface area contributed by atoms with Crippen molar-refractivity contribution in [3.63, 3.8) is 0 Å². The summed E-state index contributed by atoms with van der Waals surface area (Å²) in [5.41, 5.74) is 0. The van der Waals surface area contributed by atoms with Gasteiger partial charge >= 0.3 is 0 Å². The van der Waals surface area contributed by atoms with E-state index in [1.807, 2.05) is 0 Å². The molecule has 44 valence electrons. The van der Waals surface area contributed by atoms with Gasteiger partial charge in [-0.2, -0.15) is 0 Å². The lowest BCUT2D eigenvalue weighted by atomic mass is 10.2. The molecule has 7 heavy (non-hydrogen) atoms. The predicted octanol–water partition coefficient (Wildman–Crippen LogP) is 2.80. The smallest absolute Gasteiger partial charge is 0.00573 e. The number of alkyl halides is 2. The van der Waals surface area contributed by atoms with Gasteiger partial charge in [0, 0.05) is 10.7 Å². The molecule has 0 aromatic heterocycles. The van der Waals surface area contributed by atoms with Gasteiger partial charge in [-0.1, -0.05) is 38.8 Å². The number of hydrogen-bond acceptors (Lipinski definition) is 0. The van der Waals surface area contributed by atoms with Gasteiger partial charge in [-0.3, -0.25) is 0 Å². The lowest BCUT2D eigenvalue weighted by Crippen LogP contribution is -1.94. The number of halogens is 2. The molecule has 0 spiro atoms. The summed E-state index contributed by atoms with van der Waals surface area (Å²) in [6.07, 6.45) is 1.27. The first-order chi connectivity index (χ1) is 3.31. The Labute approximate surface area is 61.9 Å². The summed E-state index contributed by atoms with van der Waals surface area (Å²) in [6.45, 7) is 2.23. The maximum atomic E-state index is 3.39. The largest absolute Gasteiger partial charge is 0.0928 e. The van der Waals surface area contributed by atoms with Crippen LogP contribution in [0.2, 0.25) is 0 Å². The first-order valence-corrected chi connectivity index (χ1v) is 4.67. The van der Waals surface area contributed by atoms with E-state index in [2.05, 4.69) is 38.8 Å². The van der Waals surface area contributed by atoms with Crippen molar-refractivity contribution in [2.75, 3.05) is 10.7 Å². The van der Waals surface area contributed by atoms with Crippen LogP contribution in [-0.4, -0.2) is 10.7 Å². The van der Waals surface area contributed by atoms with E-state index < -0.39 is 0 Å². The molecule has 0 heterocycles. The third-order valence-electron chi connectivity index (χ3n) is 0.865. The molecule has 2 heteroatoms. The Morgan fingerprint density at radius 2 is 2.00 bits per heavy atom. The van der Waals surface area contributed by atoms with Crippen molar-refractivity contribution in [1.29, 1.82) is 0 Å². The van der Waals surface area contributed by atoms with Crippen molar-refractivity contribution < 1.29 is 0 Å². The Bertz CT molecular complexity index is 37.1. The molecule has 0 N–H and O–H groups in total. The summed E-state index contributed by atoms with van der Waals surface area (Å²) in [5, 5.41) is 2.25. The van der Waals surface area contributed by atoms with Crippen molar-refractivity contribution >= 4 is 31.9 Å². The molecule has 0 nitrogen and oxygen atoms in total. The molecule has 0 bridgehead atoms. The van der Waals surface area contributed by atoms with E-state index in [9.17, 15) is 0 Å². The quantitative estimate of drug-likeness (QED) is 0.654. The third-order valence-corrected chi connectivity index (χ3v) is 2.43. The van der Waals surface area contributed by atoms with Crippen LogP contribution in [0.4, 0.5) is 0 Å². The first kappa shape index (κ1) is 7.96. The zero-order valence-electron chi connectivity index (χ0n) is 4.45. The first-order valence-electron chi connectivity index (χ1n) is 2.43. The Morgan fingerprint density at radius 3 is 2.14 bits per heavy atom. The molecule has 1 atom stereocenters. The molecule has 0 aliphatic rings. The van der Waals surface area contributed by atoms with Gasteiger partial charge in [0.05, 0.1) is 0 Å². The fourth-order valence-electron chi connectivity index (χ4n) is 0.263. The van der Waals surface area contributed by atoms with Crippen molar-refractivity contribution in [3.05, 3.63) is 0 Å². The number of hydrogen-bond donors (Lipinski definition) is 0. The molecule has 0 aromatic carbocycles. The maximum absolute atomic E-state index is 3.39. The van der Waals surface area contributed by atoms with Crippen molar-refractivity contribution in [1.82, 2.24) is 0 Å². The fraction of sp³-hybridized carbons (Fsp3) is 1.00. The van der Waals surface area contributed by atoms with Crippen molar-refractivity contribution in [2.24, 2.45) is 5.92 Å². The Balaban J connectivity index is 2.83. The van der Waals surface area contributed by atoms with E-state index in [0.29, 0.717) is 0 Å². The lowest BCUT2D eigenvalue weighted by Gasteiger charge is -2.00. The summed E-state index contributed by atoms with van der Waals surface area (Å²) >= 11 is 6.76. The summed E-state index contributed by atoms with van der Waals surface area (Å²) in [7, 11) is 0. The highest BCUT2D eigenvalue weighted by molar-refractivity contribution is 9.09. The highest BCUT2D eigenvalue weighted by Gasteiger charge is 1.94. The van der Waals surface area contributed by atoms with Crippen LogP contribution >= 0.6 is 31.9 Å². The average Bonchev–Trinajstić information content (AvgIpc) is 1.68. The van der Waals surface area contributed by atoms with Crippen LogP contribution in [0, 0.1) is 5.92 Å². The molecular formula is C5H10Br2. The van der Waals surface area contributed by atoms with E-state index in [-0.39, 0.29) is 0 Å². The minimum atomic E-state index is 0.819. The minimum absolute atomic E-state index is 0.819. The van der Waals surface area contributed by atoms with E-state index in [0.717, 1.165) is 16.6 Å². The molecule has 0 fully saturated rings. The second-order valence-corrected chi connectivity index (χ2v) is 3.18. The third kappa shape index (κ3) is 4.82. The Kier molecular flexibility index (Phi) is 5.80. The average molecular weight is 230 g/mol. The fourth-order valence-corrected chi connectivity index (χ4v) is 1.37. The molecule has 0 aliphatic carbocycles. The second kappa shape index (κ2) is 5.10. The van der Waals surface area contributed by atoms with Crippen molar-refractivity contribution in [2.45, 2.75) is 13.3 Å². The van der Waals surface area contributed by atoms with Crippen LogP contribution in [0.15, 0.2) is 0 Å². The number of rotatable bonds is 3. The molecule has 0 saturated carbocycles. The van der Waals surface area contributed by atoms with Gasteiger partial charge in [0.15, 0.2) is 0 Å². The van der Waals surface area contributed by atoms with Crippen molar-refractivity contribution in [3.8, 4) is 0 Å². The SMILES string of the molecule is C[C@H](CBr)CCBr. The minimum Gasteiger partial charge on any atom is -0.0928 e. The van der Waals surface area contributed by atoms with Crippen LogP contribution in [0.1, 0.15) is 13.3 Å². The van der Waals surface area contributed by atoms with Gasteiger partial charge in [0.25, 0.3) is 0 Å². The van der Waals surface area contributed by atoms with E-state index in [4.69, 9.17) is 0 Å². The van der Waals surface area contributed by atoms with Gasteiger partial charge < -0.3 is 0 Å². The normalized spacial score (nSPS) is 14.1. The molecule has 0 rings (SSSR count). The van der Waals surface area contributed by atoms with E-state index in [1.165, 1.54) is 6.42 Å². The second-order valence-electron chi connectivity index (χ2n) is 1.74. The highest BCUT2D eigenvalue weighted by Crippen LogP contribution is 2.06. The van der Waals surface area contributed by atoms with Gasteiger partial charge in [-0.15, -0.1) is 0 Å². The summed E-state index contributed by atoms with van der Waals surface area (Å²) < 4.78 is 0. The molecule has 0 radical (unpaired) electrons. The maximum Gasteiger partial charge on any atom is 0.00573 e. The van der Waals surface area contributed by atoms with E-state index >= 15 is 0 Å². The summed E-state index contributed by atoms with van der Waals surface area (Å²) in [5.74, 6) is 0.819. The van der Waals surface area contributed by atoms with Crippen LogP contribution in [-0.2, 0) is 0 Å². The molecule has 0 amide bonds. The summed E-state index contributed by atoms with van der Waals surface area (Å²) in [4.78, 5) is 0. The van der Waals surface area contributed by atoms with Gasteiger partial charge in [0.2, 0.25) is 0 Å². The van der Waals surface area contributed by atoms with Crippen LogP contribution < -0.4 is 0 Å². The standard InChI is InChI=1S/C5H10Br2/c1-5(4-7)2-3-6/h5H,2-4H2,1H3/t5-/m0/s1. The monoisotopic (exact) mass is 228 g/mol. The predicted molar refractivity (Wildman–Crippen MR) is 41.4 cm³/mol.